The number of carbonyl (C=O) groups is 1. The summed E-state index contributed by atoms with van der Waals surface area (Å²) in [6.45, 7) is 1.70. The smallest absolute Gasteiger partial charge is 0.305 e. The van der Waals surface area contributed by atoms with E-state index in [1.807, 2.05) is 0 Å². The van der Waals surface area contributed by atoms with Gasteiger partial charge in [-0.15, -0.1) is 0 Å². The van der Waals surface area contributed by atoms with Gasteiger partial charge in [0.05, 0.1) is 6.42 Å². The van der Waals surface area contributed by atoms with E-state index < -0.39 is 12.0 Å². The zero-order valence-corrected chi connectivity index (χ0v) is 5.87. The second-order valence-electron chi connectivity index (χ2n) is 2.12. The van der Waals surface area contributed by atoms with Gasteiger partial charge in [-0.3, -0.25) is 4.79 Å². The van der Waals surface area contributed by atoms with Gasteiger partial charge in [-0.2, -0.15) is 0 Å². The van der Waals surface area contributed by atoms with Crippen LogP contribution < -0.4 is 11.5 Å². The molecule has 0 radical (unpaired) electrons. The van der Waals surface area contributed by atoms with E-state index in [-0.39, 0.29) is 6.42 Å². The molecule has 0 amide bonds. The molecule has 0 aromatic rings. The summed E-state index contributed by atoms with van der Waals surface area (Å²) in [5.74, 6) is -0.909. The molecule has 4 heteroatoms. The molecule has 0 rings (SSSR count). The Balaban J connectivity index is 3.85. The Bertz CT molecular complexity index is 154. The van der Waals surface area contributed by atoms with Gasteiger partial charge in [0.2, 0.25) is 0 Å². The summed E-state index contributed by atoms with van der Waals surface area (Å²) in [6.07, 6.45) is 1.26. The highest BCUT2D eigenvalue weighted by molar-refractivity contribution is 5.68. The lowest BCUT2D eigenvalue weighted by molar-refractivity contribution is -0.137. The van der Waals surface area contributed by atoms with Gasteiger partial charge in [0.15, 0.2) is 0 Å². The van der Waals surface area contributed by atoms with Crippen molar-refractivity contribution >= 4 is 5.97 Å². The molecule has 0 bridgehead atoms. The quantitative estimate of drug-likeness (QED) is 0.505. The monoisotopic (exact) mass is 144 g/mol. The van der Waals surface area contributed by atoms with Gasteiger partial charge in [-0.05, 0) is 18.7 Å². The van der Waals surface area contributed by atoms with Gasteiger partial charge in [0.1, 0.15) is 0 Å². The van der Waals surface area contributed by atoms with Crippen LogP contribution in [0.5, 0.6) is 0 Å². The lowest BCUT2D eigenvalue weighted by Crippen LogP contribution is -2.25. The molecule has 10 heavy (non-hydrogen) atoms. The minimum absolute atomic E-state index is 0.0699. The van der Waals surface area contributed by atoms with Crippen LogP contribution in [-0.2, 0) is 4.79 Å². The Morgan fingerprint density at radius 3 is 2.60 bits per heavy atom. The summed E-state index contributed by atoms with van der Waals surface area (Å²) in [5.41, 5.74) is 11.2. The molecular formula is C6H12N2O2. The summed E-state index contributed by atoms with van der Waals surface area (Å²) in [6, 6.07) is -0.456. The molecule has 0 aromatic carbocycles. The third-order valence-electron chi connectivity index (χ3n) is 1.24. The van der Waals surface area contributed by atoms with Gasteiger partial charge in [0, 0.05) is 6.04 Å². The van der Waals surface area contributed by atoms with Gasteiger partial charge in [0.25, 0.3) is 0 Å². The summed E-state index contributed by atoms with van der Waals surface area (Å²) in [7, 11) is 0. The molecule has 0 aliphatic rings. The highest BCUT2D eigenvalue weighted by Gasteiger charge is 2.08. The third-order valence-corrected chi connectivity index (χ3v) is 1.24. The summed E-state index contributed by atoms with van der Waals surface area (Å²) in [5, 5.41) is 8.28. The summed E-state index contributed by atoms with van der Waals surface area (Å²) in [4.78, 5) is 10.1. The van der Waals surface area contributed by atoms with E-state index in [1.54, 1.807) is 6.92 Å². The van der Waals surface area contributed by atoms with Crippen molar-refractivity contribution in [1.29, 1.82) is 0 Å². The fraction of sp³-hybridized carbons (Fsp3) is 0.500. The average Bonchev–Trinajstić information content (AvgIpc) is 1.85. The van der Waals surface area contributed by atoms with Crippen molar-refractivity contribution in [1.82, 2.24) is 0 Å². The highest BCUT2D eigenvalue weighted by atomic mass is 16.4. The van der Waals surface area contributed by atoms with Crippen molar-refractivity contribution < 1.29 is 9.90 Å². The molecule has 1 unspecified atom stereocenters. The molecule has 0 aliphatic carbocycles. The molecular weight excluding hydrogens is 132 g/mol. The molecule has 0 fully saturated rings. The zero-order valence-electron chi connectivity index (χ0n) is 5.87. The van der Waals surface area contributed by atoms with Crippen molar-refractivity contribution in [3.8, 4) is 0 Å². The van der Waals surface area contributed by atoms with Gasteiger partial charge < -0.3 is 16.6 Å². The molecule has 0 heterocycles. The minimum Gasteiger partial charge on any atom is -0.481 e. The fourth-order valence-corrected chi connectivity index (χ4v) is 0.473. The second kappa shape index (κ2) is 3.90. The summed E-state index contributed by atoms with van der Waals surface area (Å²) < 4.78 is 0. The first kappa shape index (κ1) is 8.97. The van der Waals surface area contributed by atoms with Crippen LogP contribution in [0, 0.1) is 0 Å². The van der Waals surface area contributed by atoms with Crippen LogP contribution in [0.1, 0.15) is 13.3 Å². The maximum absolute atomic E-state index is 10.1. The molecule has 0 aliphatic heterocycles. The molecule has 0 aromatic heterocycles. The van der Waals surface area contributed by atoms with Crippen LogP contribution >= 0.6 is 0 Å². The molecule has 0 spiro atoms. The van der Waals surface area contributed by atoms with Gasteiger partial charge in [-0.25, -0.2) is 0 Å². The van der Waals surface area contributed by atoms with Crippen molar-refractivity contribution in [3.05, 3.63) is 11.8 Å². The minimum atomic E-state index is -0.909. The largest absolute Gasteiger partial charge is 0.481 e. The van der Waals surface area contributed by atoms with Crippen molar-refractivity contribution in [2.24, 2.45) is 11.5 Å². The molecule has 0 saturated carbocycles. The third kappa shape index (κ3) is 3.09. The van der Waals surface area contributed by atoms with E-state index in [9.17, 15) is 4.79 Å². The predicted molar refractivity (Wildman–Crippen MR) is 38.2 cm³/mol. The molecule has 5 N–H and O–H groups in total. The number of carboxylic acid groups (broad SMARTS) is 1. The number of rotatable bonds is 3. The van der Waals surface area contributed by atoms with Crippen LogP contribution in [0.4, 0.5) is 0 Å². The molecule has 4 nitrogen and oxygen atoms in total. The van der Waals surface area contributed by atoms with Crippen molar-refractivity contribution in [2.75, 3.05) is 0 Å². The Morgan fingerprint density at radius 1 is 1.80 bits per heavy atom. The van der Waals surface area contributed by atoms with E-state index >= 15 is 0 Å². The van der Waals surface area contributed by atoms with E-state index in [0.29, 0.717) is 5.57 Å². The molecule has 0 saturated heterocycles. The molecule has 58 valence electrons. The first-order valence-corrected chi connectivity index (χ1v) is 2.93. The maximum atomic E-state index is 10.1. The normalized spacial score (nSPS) is 14.8. The first-order chi connectivity index (χ1) is 4.57. The average molecular weight is 144 g/mol. The Labute approximate surface area is 59.5 Å². The first-order valence-electron chi connectivity index (χ1n) is 2.93. The summed E-state index contributed by atoms with van der Waals surface area (Å²) >= 11 is 0. The van der Waals surface area contributed by atoms with Crippen molar-refractivity contribution in [2.45, 2.75) is 19.4 Å². The van der Waals surface area contributed by atoms with Gasteiger partial charge >= 0.3 is 5.97 Å². The van der Waals surface area contributed by atoms with Gasteiger partial charge in [-0.1, -0.05) is 0 Å². The zero-order chi connectivity index (χ0) is 8.15. The Hall–Kier alpha value is -1.03. The van der Waals surface area contributed by atoms with E-state index in [0.717, 1.165) is 0 Å². The molecule has 1 atom stereocenters. The van der Waals surface area contributed by atoms with Crippen LogP contribution in [0.3, 0.4) is 0 Å². The number of aliphatic carboxylic acids is 1. The second-order valence-corrected chi connectivity index (χ2v) is 2.12. The van der Waals surface area contributed by atoms with Crippen LogP contribution in [0.15, 0.2) is 11.8 Å². The van der Waals surface area contributed by atoms with Crippen LogP contribution in [0.2, 0.25) is 0 Å². The lowest BCUT2D eigenvalue weighted by Gasteiger charge is -2.07. The maximum Gasteiger partial charge on any atom is 0.305 e. The van der Waals surface area contributed by atoms with E-state index in [2.05, 4.69) is 0 Å². The van der Waals surface area contributed by atoms with E-state index in [4.69, 9.17) is 16.6 Å². The van der Waals surface area contributed by atoms with Crippen LogP contribution in [-0.4, -0.2) is 17.1 Å². The Morgan fingerprint density at radius 2 is 2.30 bits per heavy atom. The number of carboxylic acids is 1. The fourth-order valence-electron chi connectivity index (χ4n) is 0.473. The number of hydrogen-bond donors (Lipinski definition) is 3. The number of nitrogens with two attached hydrogens (primary N) is 2. The SMILES string of the molecule is C/C(=C\N)C(N)CC(=O)O. The predicted octanol–water partition coefficient (Wildman–Crippen LogP) is -0.349. The van der Waals surface area contributed by atoms with Crippen LogP contribution in [0.25, 0.3) is 0 Å². The standard InChI is InChI=1S/C6H12N2O2/c1-4(3-7)5(8)2-6(9)10/h3,5H,2,7-8H2,1H3,(H,9,10)/b4-3+. The lowest BCUT2D eigenvalue weighted by atomic mass is 10.1. The van der Waals surface area contributed by atoms with Crippen molar-refractivity contribution in [3.63, 3.8) is 0 Å². The number of hydrogen-bond acceptors (Lipinski definition) is 3. The topological polar surface area (TPSA) is 89.3 Å². The highest BCUT2D eigenvalue weighted by Crippen LogP contribution is 1.99. The Kier molecular flexibility index (Phi) is 3.49. The van der Waals surface area contributed by atoms with E-state index in [1.165, 1.54) is 6.20 Å².